The molecule has 0 bridgehead atoms. The Balaban J connectivity index is 2.43. The number of halogens is 2. The van der Waals surface area contributed by atoms with Crippen molar-refractivity contribution in [3.05, 3.63) is 46.8 Å². The Morgan fingerprint density at radius 1 is 1.20 bits per heavy atom. The highest BCUT2D eigenvalue weighted by Gasteiger charge is 2.22. The third-order valence-corrected chi connectivity index (χ3v) is 2.54. The topological polar surface area (TPSA) is 117 Å². The van der Waals surface area contributed by atoms with Crippen LogP contribution >= 0.6 is 0 Å². The van der Waals surface area contributed by atoms with Crippen LogP contribution in [0.1, 0.15) is 26.5 Å². The number of nitrogens with zero attached hydrogens (tertiary/aromatic N) is 3. The minimum absolute atomic E-state index is 0.0508. The second-order valence-electron chi connectivity index (χ2n) is 3.91. The number of benzene rings is 1. The fraction of sp³-hybridized carbons (Fsp3) is 0.0909. The Morgan fingerprint density at radius 3 is 2.45 bits per heavy atom. The first-order valence-corrected chi connectivity index (χ1v) is 5.37. The van der Waals surface area contributed by atoms with Crippen LogP contribution in [0, 0.1) is 11.6 Å². The highest BCUT2D eigenvalue weighted by molar-refractivity contribution is 6.03. The van der Waals surface area contributed by atoms with E-state index in [1.165, 1.54) is 6.07 Å². The van der Waals surface area contributed by atoms with Crippen LogP contribution in [0.3, 0.4) is 0 Å². The molecular weight excluding hydrogens is 272 g/mol. The average Bonchev–Trinajstić information content (AvgIpc) is 2.76. The van der Waals surface area contributed by atoms with Gasteiger partial charge in [-0.15, -0.1) is 5.10 Å². The second-order valence-corrected chi connectivity index (χ2v) is 3.91. The quantitative estimate of drug-likeness (QED) is 0.807. The molecule has 0 spiro atoms. The lowest BCUT2D eigenvalue weighted by atomic mass is 10.2. The molecule has 0 saturated heterocycles. The van der Waals surface area contributed by atoms with Crippen molar-refractivity contribution in [2.75, 3.05) is 0 Å². The van der Waals surface area contributed by atoms with E-state index in [1.54, 1.807) is 0 Å². The number of rotatable bonds is 4. The monoisotopic (exact) mass is 281 g/mol. The standard InChI is InChI=1S/C11H9F2N5O2/c12-6-2-1-5(7(13)3-6)4-18-9(11(15)20)8(10(14)19)16-17-18/h1-3H,4H2,(H2,14,19)(H2,15,20). The number of primary amides is 2. The molecule has 20 heavy (non-hydrogen) atoms. The van der Waals surface area contributed by atoms with Crippen molar-refractivity contribution < 1.29 is 18.4 Å². The second kappa shape index (κ2) is 5.03. The fourth-order valence-electron chi connectivity index (χ4n) is 1.64. The van der Waals surface area contributed by atoms with Crippen molar-refractivity contribution in [2.24, 2.45) is 11.5 Å². The number of carbonyl (C=O) groups is 2. The van der Waals surface area contributed by atoms with E-state index in [0.29, 0.717) is 6.07 Å². The maximum Gasteiger partial charge on any atom is 0.271 e. The molecule has 0 aliphatic heterocycles. The van der Waals surface area contributed by atoms with Gasteiger partial charge in [0.15, 0.2) is 11.4 Å². The van der Waals surface area contributed by atoms with Crippen LogP contribution in [-0.2, 0) is 6.54 Å². The Labute approximate surface area is 111 Å². The molecule has 0 atom stereocenters. The predicted molar refractivity (Wildman–Crippen MR) is 62.5 cm³/mol. The van der Waals surface area contributed by atoms with Crippen molar-refractivity contribution in [1.82, 2.24) is 15.0 Å². The largest absolute Gasteiger partial charge is 0.364 e. The first-order chi connectivity index (χ1) is 9.40. The summed E-state index contributed by atoms with van der Waals surface area (Å²) in [6.07, 6.45) is 0. The van der Waals surface area contributed by atoms with Gasteiger partial charge in [-0.05, 0) is 6.07 Å². The number of amides is 2. The van der Waals surface area contributed by atoms with Crippen LogP contribution in [0.4, 0.5) is 8.78 Å². The highest BCUT2D eigenvalue weighted by Crippen LogP contribution is 2.13. The van der Waals surface area contributed by atoms with Gasteiger partial charge in [-0.2, -0.15) is 0 Å². The predicted octanol–water partition coefficient (Wildman–Crippen LogP) is -0.198. The summed E-state index contributed by atoms with van der Waals surface area (Å²) in [5, 5.41) is 6.94. The van der Waals surface area contributed by atoms with Crippen molar-refractivity contribution >= 4 is 11.8 Å². The highest BCUT2D eigenvalue weighted by atomic mass is 19.1. The maximum atomic E-state index is 13.5. The van der Waals surface area contributed by atoms with E-state index in [9.17, 15) is 18.4 Å². The molecule has 0 unspecified atom stereocenters. The van der Waals surface area contributed by atoms with Gasteiger partial charge in [-0.1, -0.05) is 11.3 Å². The smallest absolute Gasteiger partial charge is 0.271 e. The number of aromatic nitrogens is 3. The van der Waals surface area contributed by atoms with Gasteiger partial charge in [0, 0.05) is 11.6 Å². The Kier molecular flexibility index (Phi) is 3.42. The van der Waals surface area contributed by atoms with Crippen LogP contribution in [0.2, 0.25) is 0 Å². The van der Waals surface area contributed by atoms with Crippen LogP contribution in [0.25, 0.3) is 0 Å². The van der Waals surface area contributed by atoms with Gasteiger partial charge in [-0.3, -0.25) is 9.59 Å². The zero-order valence-electron chi connectivity index (χ0n) is 10.0. The molecule has 104 valence electrons. The van der Waals surface area contributed by atoms with E-state index in [-0.39, 0.29) is 17.8 Å². The van der Waals surface area contributed by atoms with Gasteiger partial charge in [-0.25, -0.2) is 13.5 Å². The molecule has 0 saturated carbocycles. The number of nitrogens with two attached hydrogens (primary N) is 2. The van der Waals surface area contributed by atoms with E-state index in [0.717, 1.165) is 10.7 Å². The summed E-state index contributed by atoms with van der Waals surface area (Å²) in [6, 6.07) is 2.92. The summed E-state index contributed by atoms with van der Waals surface area (Å²) < 4.78 is 27.2. The molecule has 0 aliphatic rings. The summed E-state index contributed by atoms with van der Waals surface area (Å²) >= 11 is 0. The molecule has 0 radical (unpaired) electrons. The number of carbonyl (C=O) groups excluding carboxylic acids is 2. The third-order valence-electron chi connectivity index (χ3n) is 2.54. The molecule has 1 heterocycles. The molecular formula is C11H9F2N5O2. The van der Waals surface area contributed by atoms with Gasteiger partial charge in [0.05, 0.1) is 6.54 Å². The number of hydrogen-bond donors (Lipinski definition) is 2. The third kappa shape index (κ3) is 2.46. The minimum Gasteiger partial charge on any atom is -0.364 e. The summed E-state index contributed by atoms with van der Waals surface area (Å²) in [5.74, 6) is -3.52. The molecule has 2 aromatic rings. The van der Waals surface area contributed by atoms with Crippen molar-refractivity contribution in [2.45, 2.75) is 6.54 Å². The molecule has 0 aliphatic carbocycles. The average molecular weight is 281 g/mol. The van der Waals surface area contributed by atoms with E-state index in [2.05, 4.69) is 10.3 Å². The molecule has 4 N–H and O–H groups in total. The fourth-order valence-corrected chi connectivity index (χ4v) is 1.64. The van der Waals surface area contributed by atoms with Crippen LogP contribution in [-0.4, -0.2) is 26.8 Å². The van der Waals surface area contributed by atoms with Crippen LogP contribution in [0.5, 0.6) is 0 Å². The lowest BCUT2D eigenvalue weighted by Crippen LogP contribution is -2.24. The first-order valence-electron chi connectivity index (χ1n) is 5.37. The molecule has 9 heteroatoms. The normalized spacial score (nSPS) is 10.5. The lowest BCUT2D eigenvalue weighted by Gasteiger charge is -2.05. The van der Waals surface area contributed by atoms with Crippen molar-refractivity contribution in [1.29, 1.82) is 0 Å². The molecule has 1 aromatic carbocycles. The Morgan fingerprint density at radius 2 is 1.90 bits per heavy atom. The van der Waals surface area contributed by atoms with Crippen LogP contribution in [0.15, 0.2) is 18.2 Å². The van der Waals surface area contributed by atoms with Crippen molar-refractivity contribution in [3.8, 4) is 0 Å². The van der Waals surface area contributed by atoms with Gasteiger partial charge < -0.3 is 11.5 Å². The molecule has 0 fully saturated rings. The maximum absolute atomic E-state index is 13.5. The van der Waals surface area contributed by atoms with Gasteiger partial charge in [0.2, 0.25) is 0 Å². The van der Waals surface area contributed by atoms with E-state index < -0.39 is 29.1 Å². The first kappa shape index (κ1) is 13.6. The Bertz CT molecular complexity index is 698. The molecule has 7 nitrogen and oxygen atoms in total. The molecule has 2 rings (SSSR count). The lowest BCUT2D eigenvalue weighted by molar-refractivity contribution is 0.0959. The van der Waals surface area contributed by atoms with Gasteiger partial charge >= 0.3 is 0 Å². The molecule has 2 amide bonds. The zero-order valence-corrected chi connectivity index (χ0v) is 10.0. The van der Waals surface area contributed by atoms with Crippen LogP contribution < -0.4 is 11.5 Å². The van der Waals surface area contributed by atoms with E-state index >= 15 is 0 Å². The molecule has 1 aromatic heterocycles. The summed E-state index contributed by atoms with van der Waals surface area (Å²) in [4.78, 5) is 22.4. The summed E-state index contributed by atoms with van der Waals surface area (Å²) in [5.41, 5.74) is 9.45. The summed E-state index contributed by atoms with van der Waals surface area (Å²) in [7, 11) is 0. The van der Waals surface area contributed by atoms with Gasteiger partial charge in [0.1, 0.15) is 11.6 Å². The van der Waals surface area contributed by atoms with Gasteiger partial charge in [0.25, 0.3) is 11.8 Å². The number of hydrogen-bond acceptors (Lipinski definition) is 4. The van der Waals surface area contributed by atoms with Crippen molar-refractivity contribution in [3.63, 3.8) is 0 Å². The van der Waals surface area contributed by atoms with E-state index in [4.69, 9.17) is 11.5 Å². The zero-order chi connectivity index (χ0) is 14.9. The minimum atomic E-state index is -0.982. The van der Waals surface area contributed by atoms with E-state index in [1.807, 2.05) is 0 Å². The summed E-state index contributed by atoms with van der Waals surface area (Å²) in [6.45, 7) is -0.245. The Hall–Kier alpha value is -2.84. The SMILES string of the molecule is NC(=O)c1nnn(Cc2ccc(F)cc2F)c1C(N)=O.